The van der Waals surface area contributed by atoms with Gasteiger partial charge < -0.3 is 10.6 Å². The van der Waals surface area contributed by atoms with Crippen molar-refractivity contribution in [2.45, 2.75) is 50.6 Å². The summed E-state index contributed by atoms with van der Waals surface area (Å²) in [5, 5.41) is 10.9. The van der Waals surface area contributed by atoms with E-state index in [1.165, 1.54) is 12.8 Å². The molecular formula is C14H23ClN4O. The van der Waals surface area contributed by atoms with E-state index < -0.39 is 0 Å². The molecule has 1 aromatic heterocycles. The van der Waals surface area contributed by atoms with Crippen LogP contribution in [0.25, 0.3) is 0 Å². The summed E-state index contributed by atoms with van der Waals surface area (Å²) in [7, 11) is 0. The molecule has 1 unspecified atom stereocenters. The number of nitrogens with one attached hydrogen (secondary N) is 2. The number of hydrogen-bond acceptors (Lipinski definition) is 3. The number of carbonyl (C=O) groups is 1. The van der Waals surface area contributed by atoms with Crippen LogP contribution >= 0.6 is 12.4 Å². The minimum Gasteiger partial charge on any atom is -0.345 e. The second-order valence-corrected chi connectivity index (χ2v) is 6.05. The normalized spacial score (nSPS) is 24.4. The maximum absolute atomic E-state index is 12.1. The Labute approximate surface area is 125 Å². The van der Waals surface area contributed by atoms with Gasteiger partial charge in [-0.1, -0.05) is 0 Å². The number of hydrogen-bond donors (Lipinski definition) is 2. The Hall–Kier alpha value is -1.07. The number of carbonyl (C=O) groups excluding carboxylic acids is 1. The van der Waals surface area contributed by atoms with E-state index in [2.05, 4.69) is 22.7 Å². The lowest BCUT2D eigenvalue weighted by atomic mass is 9.78. The van der Waals surface area contributed by atoms with E-state index in [1.807, 2.05) is 16.9 Å². The zero-order chi connectivity index (χ0) is 13.3. The predicted molar refractivity (Wildman–Crippen MR) is 80.3 cm³/mol. The Balaban J connectivity index is 0.00000147. The van der Waals surface area contributed by atoms with Gasteiger partial charge in [0, 0.05) is 18.3 Å². The van der Waals surface area contributed by atoms with Crippen molar-refractivity contribution in [1.82, 2.24) is 20.4 Å². The van der Waals surface area contributed by atoms with Crippen LogP contribution in [-0.4, -0.2) is 34.3 Å². The summed E-state index contributed by atoms with van der Waals surface area (Å²) in [6.07, 6.45) is 7.59. The van der Waals surface area contributed by atoms with Crippen molar-refractivity contribution in [3.63, 3.8) is 0 Å². The molecule has 1 amide bonds. The highest BCUT2D eigenvalue weighted by Gasteiger charge is 2.33. The molecule has 1 aromatic rings. The summed E-state index contributed by atoms with van der Waals surface area (Å²) < 4.78 is 1.93. The largest absolute Gasteiger partial charge is 0.345 e. The highest BCUT2D eigenvalue weighted by atomic mass is 35.5. The maximum Gasteiger partial charge on any atom is 0.272 e. The number of halogens is 1. The summed E-state index contributed by atoms with van der Waals surface area (Å²) in [5.74, 6) is -0.0373. The van der Waals surface area contributed by atoms with Crippen LogP contribution in [-0.2, 0) is 0 Å². The number of piperidine rings is 1. The van der Waals surface area contributed by atoms with Gasteiger partial charge in [-0.3, -0.25) is 9.48 Å². The third-order valence-electron chi connectivity index (χ3n) is 4.36. The molecule has 1 saturated carbocycles. The Morgan fingerprint density at radius 3 is 2.90 bits per heavy atom. The fraction of sp³-hybridized carbons (Fsp3) is 0.714. The van der Waals surface area contributed by atoms with Gasteiger partial charge in [0.25, 0.3) is 5.91 Å². The monoisotopic (exact) mass is 298 g/mol. The molecule has 1 atom stereocenters. The SMILES string of the molecule is CC1(NC(=O)c2ccn(C3CCCNC3)n2)CCC1.Cl. The molecule has 0 spiro atoms. The quantitative estimate of drug-likeness (QED) is 0.896. The molecule has 0 radical (unpaired) electrons. The predicted octanol–water partition coefficient (Wildman–Crippen LogP) is 1.90. The van der Waals surface area contributed by atoms with Gasteiger partial charge in [-0.2, -0.15) is 5.10 Å². The minimum absolute atomic E-state index is 0. The Kier molecular flexibility index (Phi) is 4.70. The third kappa shape index (κ3) is 3.15. The third-order valence-corrected chi connectivity index (χ3v) is 4.36. The van der Waals surface area contributed by atoms with Gasteiger partial charge in [-0.15, -0.1) is 12.4 Å². The van der Waals surface area contributed by atoms with Crippen LogP contribution in [0.1, 0.15) is 55.6 Å². The first kappa shape index (κ1) is 15.3. The molecule has 0 bridgehead atoms. The molecule has 2 fully saturated rings. The molecule has 2 aliphatic rings. The molecular weight excluding hydrogens is 276 g/mol. The molecule has 112 valence electrons. The molecule has 1 aliphatic carbocycles. The van der Waals surface area contributed by atoms with Crippen molar-refractivity contribution < 1.29 is 4.79 Å². The van der Waals surface area contributed by atoms with Gasteiger partial charge in [0.2, 0.25) is 0 Å². The lowest BCUT2D eigenvalue weighted by Gasteiger charge is -2.38. The van der Waals surface area contributed by atoms with Crippen LogP contribution in [0.5, 0.6) is 0 Å². The van der Waals surface area contributed by atoms with E-state index in [0.29, 0.717) is 11.7 Å². The lowest BCUT2D eigenvalue weighted by Crippen LogP contribution is -2.51. The fourth-order valence-corrected chi connectivity index (χ4v) is 2.89. The number of nitrogens with zero attached hydrogens (tertiary/aromatic N) is 2. The number of amides is 1. The molecule has 20 heavy (non-hydrogen) atoms. The average molecular weight is 299 g/mol. The van der Waals surface area contributed by atoms with Gasteiger partial charge in [-0.05, 0) is 51.6 Å². The Morgan fingerprint density at radius 2 is 2.30 bits per heavy atom. The molecule has 2 heterocycles. The van der Waals surface area contributed by atoms with Crippen molar-refractivity contribution >= 4 is 18.3 Å². The van der Waals surface area contributed by atoms with E-state index >= 15 is 0 Å². The van der Waals surface area contributed by atoms with E-state index in [9.17, 15) is 4.79 Å². The highest BCUT2D eigenvalue weighted by Crippen LogP contribution is 2.31. The first-order chi connectivity index (χ1) is 9.16. The highest BCUT2D eigenvalue weighted by molar-refractivity contribution is 5.92. The summed E-state index contributed by atoms with van der Waals surface area (Å²) in [4.78, 5) is 12.1. The fourth-order valence-electron chi connectivity index (χ4n) is 2.89. The van der Waals surface area contributed by atoms with Gasteiger partial charge >= 0.3 is 0 Å². The van der Waals surface area contributed by atoms with E-state index in [-0.39, 0.29) is 23.9 Å². The standard InChI is InChI=1S/C14H22N4O.ClH/c1-14(6-3-7-14)16-13(19)12-5-9-18(17-12)11-4-2-8-15-10-11;/h5,9,11,15H,2-4,6-8,10H2,1H3,(H,16,19);1H. The molecule has 3 rings (SSSR count). The van der Waals surface area contributed by atoms with Crippen LogP contribution in [0.4, 0.5) is 0 Å². The molecule has 6 heteroatoms. The van der Waals surface area contributed by atoms with E-state index in [0.717, 1.165) is 32.4 Å². The first-order valence-electron chi connectivity index (χ1n) is 7.25. The molecule has 1 aliphatic heterocycles. The number of rotatable bonds is 3. The lowest BCUT2D eigenvalue weighted by molar-refractivity contribution is 0.0844. The zero-order valence-corrected chi connectivity index (χ0v) is 12.7. The molecule has 0 aromatic carbocycles. The Morgan fingerprint density at radius 1 is 1.50 bits per heavy atom. The van der Waals surface area contributed by atoms with Gasteiger partial charge in [0.05, 0.1) is 6.04 Å². The van der Waals surface area contributed by atoms with Gasteiger partial charge in [0.1, 0.15) is 5.69 Å². The second-order valence-electron chi connectivity index (χ2n) is 6.05. The molecule has 1 saturated heterocycles. The van der Waals surface area contributed by atoms with Crippen molar-refractivity contribution in [2.24, 2.45) is 0 Å². The van der Waals surface area contributed by atoms with Crippen LogP contribution in [0, 0.1) is 0 Å². The van der Waals surface area contributed by atoms with Crippen molar-refractivity contribution in [3.05, 3.63) is 18.0 Å². The summed E-state index contributed by atoms with van der Waals surface area (Å²) >= 11 is 0. The second kappa shape index (κ2) is 6.14. The zero-order valence-electron chi connectivity index (χ0n) is 11.9. The summed E-state index contributed by atoms with van der Waals surface area (Å²) in [6.45, 7) is 4.14. The van der Waals surface area contributed by atoms with Crippen LogP contribution in [0.15, 0.2) is 12.3 Å². The van der Waals surface area contributed by atoms with E-state index in [1.54, 1.807) is 0 Å². The Bertz CT molecular complexity index is 463. The van der Waals surface area contributed by atoms with Crippen LogP contribution < -0.4 is 10.6 Å². The van der Waals surface area contributed by atoms with Crippen molar-refractivity contribution in [3.8, 4) is 0 Å². The smallest absolute Gasteiger partial charge is 0.272 e. The molecule has 2 N–H and O–H groups in total. The van der Waals surface area contributed by atoms with Crippen LogP contribution in [0.2, 0.25) is 0 Å². The average Bonchev–Trinajstić information content (AvgIpc) is 2.87. The first-order valence-corrected chi connectivity index (χ1v) is 7.25. The van der Waals surface area contributed by atoms with Crippen molar-refractivity contribution in [2.75, 3.05) is 13.1 Å². The number of aromatic nitrogens is 2. The molecule has 5 nitrogen and oxygen atoms in total. The van der Waals surface area contributed by atoms with E-state index in [4.69, 9.17) is 0 Å². The van der Waals surface area contributed by atoms with Crippen molar-refractivity contribution in [1.29, 1.82) is 0 Å². The minimum atomic E-state index is -0.0373. The summed E-state index contributed by atoms with van der Waals surface area (Å²) in [6, 6.07) is 2.21. The van der Waals surface area contributed by atoms with Crippen LogP contribution in [0.3, 0.4) is 0 Å². The van der Waals surface area contributed by atoms with Gasteiger partial charge in [-0.25, -0.2) is 0 Å². The topological polar surface area (TPSA) is 59.0 Å². The summed E-state index contributed by atoms with van der Waals surface area (Å²) in [5.41, 5.74) is 0.534. The maximum atomic E-state index is 12.1. The van der Waals surface area contributed by atoms with Gasteiger partial charge in [0.15, 0.2) is 0 Å².